The van der Waals surface area contributed by atoms with Crippen LogP contribution in [0, 0.1) is 6.92 Å². The zero-order valence-electron chi connectivity index (χ0n) is 14.3. The number of aryl methyl sites for hydroxylation is 1. The number of hydrogen-bond donors (Lipinski definition) is 2. The zero-order valence-corrected chi connectivity index (χ0v) is 15.1. The number of nitrogens with one attached hydrogen (secondary N) is 2. The molecular formula is C21H21ClN2O. The quantitative estimate of drug-likeness (QED) is 0.671. The molecule has 0 spiro atoms. The van der Waals surface area contributed by atoms with E-state index < -0.39 is 0 Å². The largest absolute Gasteiger partial charge is 0.325 e. The van der Waals surface area contributed by atoms with Crippen LogP contribution in [-0.2, 0) is 4.79 Å². The van der Waals surface area contributed by atoms with Gasteiger partial charge in [-0.15, -0.1) is 0 Å². The number of benzene rings is 3. The Balaban J connectivity index is 1.65. The lowest BCUT2D eigenvalue weighted by Gasteiger charge is -2.17. The Kier molecular flexibility index (Phi) is 5.37. The monoisotopic (exact) mass is 352 g/mol. The maximum atomic E-state index is 12.2. The van der Waals surface area contributed by atoms with Gasteiger partial charge in [0.25, 0.3) is 0 Å². The van der Waals surface area contributed by atoms with Crippen LogP contribution in [0.15, 0.2) is 60.7 Å². The zero-order chi connectivity index (χ0) is 17.8. The van der Waals surface area contributed by atoms with Crippen molar-refractivity contribution in [3.05, 3.63) is 76.8 Å². The second-order valence-corrected chi connectivity index (χ2v) is 6.61. The first-order chi connectivity index (χ1) is 12.0. The molecular weight excluding hydrogens is 332 g/mol. The van der Waals surface area contributed by atoms with Crippen LogP contribution in [0.2, 0.25) is 5.02 Å². The summed E-state index contributed by atoms with van der Waals surface area (Å²) < 4.78 is 0. The second kappa shape index (κ2) is 7.68. The molecule has 3 aromatic rings. The molecule has 3 nitrogen and oxygen atoms in total. The van der Waals surface area contributed by atoms with Gasteiger partial charge in [-0.3, -0.25) is 4.79 Å². The molecule has 3 rings (SSSR count). The van der Waals surface area contributed by atoms with Crippen molar-refractivity contribution < 1.29 is 4.79 Å². The molecule has 0 aliphatic rings. The number of carbonyl (C=O) groups excluding carboxylic acids is 1. The lowest BCUT2D eigenvalue weighted by Crippen LogP contribution is -2.30. The molecule has 0 aliphatic heterocycles. The van der Waals surface area contributed by atoms with E-state index in [1.54, 1.807) is 6.07 Å². The fourth-order valence-corrected chi connectivity index (χ4v) is 3.17. The number of fused-ring (bicyclic) bond motifs is 1. The predicted octanol–water partition coefficient (Wildman–Crippen LogP) is 5.09. The van der Waals surface area contributed by atoms with Gasteiger partial charge in [0, 0.05) is 16.8 Å². The van der Waals surface area contributed by atoms with E-state index in [2.05, 4.69) is 41.8 Å². The van der Waals surface area contributed by atoms with Gasteiger partial charge >= 0.3 is 0 Å². The Labute approximate surface area is 153 Å². The van der Waals surface area contributed by atoms with Gasteiger partial charge < -0.3 is 10.6 Å². The fourth-order valence-electron chi connectivity index (χ4n) is 2.95. The highest BCUT2D eigenvalue weighted by atomic mass is 35.5. The van der Waals surface area contributed by atoms with E-state index in [1.807, 2.05) is 37.3 Å². The Bertz CT molecular complexity index is 902. The molecule has 0 bridgehead atoms. The molecule has 0 saturated carbocycles. The summed E-state index contributed by atoms with van der Waals surface area (Å²) in [5.41, 5.74) is 2.92. The Morgan fingerprint density at radius 3 is 2.64 bits per heavy atom. The highest BCUT2D eigenvalue weighted by Crippen LogP contribution is 2.24. The Morgan fingerprint density at radius 2 is 1.84 bits per heavy atom. The van der Waals surface area contributed by atoms with E-state index in [-0.39, 0.29) is 18.5 Å². The van der Waals surface area contributed by atoms with Crippen molar-refractivity contribution in [2.45, 2.75) is 19.9 Å². The molecule has 2 N–H and O–H groups in total. The molecule has 25 heavy (non-hydrogen) atoms. The number of rotatable bonds is 5. The molecule has 1 amide bonds. The number of hydrogen-bond acceptors (Lipinski definition) is 2. The molecule has 0 saturated heterocycles. The third-order valence-corrected chi connectivity index (χ3v) is 4.56. The maximum absolute atomic E-state index is 12.2. The summed E-state index contributed by atoms with van der Waals surface area (Å²) in [7, 11) is 0. The molecule has 0 fully saturated rings. The first-order valence-corrected chi connectivity index (χ1v) is 8.69. The van der Waals surface area contributed by atoms with Gasteiger partial charge in [-0.25, -0.2) is 0 Å². The van der Waals surface area contributed by atoms with Gasteiger partial charge in [0.1, 0.15) is 0 Å². The van der Waals surface area contributed by atoms with Crippen molar-refractivity contribution in [1.82, 2.24) is 5.32 Å². The summed E-state index contributed by atoms with van der Waals surface area (Å²) in [6, 6.07) is 20.0. The van der Waals surface area contributed by atoms with Crippen LogP contribution in [0.3, 0.4) is 0 Å². The summed E-state index contributed by atoms with van der Waals surface area (Å²) in [6.07, 6.45) is 0. The summed E-state index contributed by atoms with van der Waals surface area (Å²) in [4.78, 5) is 12.2. The van der Waals surface area contributed by atoms with E-state index in [9.17, 15) is 4.79 Å². The van der Waals surface area contributed by atoms with Crippen LogP contribution in [0.25, 0.3) is 10.8 Å². The number of anilines is 1. The molecule has 0 radical (unpaired) electrons. The molecule has 0 heterocycles. The van der Waals surface area contributed by atoms with Crippen molar-refractivity contribution in [3.63, 3.8) is 0 Å². The van der Waals surface area contributed by atoms with Crippen molar-refractivity contribution in [3.8, 4) is 0 Å². The second-order valence-electron chi connectivity index (χ2n) is 6.18. The summed E-state index contributed by atoms with van der Waals surface area (Å²) in [5.74, 6) is -0.0718. The molecule has 3 aromatic carbocycles. The average Bonchev–Trinajstić information content (AvgIpc) is 2.61. The smallest absolute Gasteiger partial charge is 0.238 e. The highest BCUT2D eigenvalue weighted by Gasteiger charge is 2.11. The van der Waals surface area contributed by atoms with Gasteiger partial charge in [-0.05, 0) is 53.9 Å². The lowest BCUT2D eigenvalue weighted by molar-refractivity contribution is -0.115. The summed E-state index contributed by atoms with van der Waals surface area (Å²) in [5, 5.41) is 9.30. The highest BCUT2D eigenvalue weighted by molar-refractivity contribution is 6.30. The SMILES string of the molecule is Cc1cc(Cl)ccc1NC(=O)CN[C@H](C)c1cccc2ccccc12. The Morgan fingerprint density at radius 1 is 1.08 bits per heavy atom. The van der Waals surface area contributed by atoms with Gasteiger partial charge in [-0.2, -0.15) is 0 Å². The van der Waals surface area contributed by atoms with Crippen LogP contribution >= 0.6 is 11.6 Å². The number of carbonyl (C=O) groups is 1. The number of amides is 1. The Hall–Kier alpha value is -2.36. The van der Waals surface area contributed by atoms with Crippen LogP contribution in [0.5, 0.6) is 0 Å². The minimum atomic E-state index is -0.0718. The normalized spacial score (nSPS) is 12.1. The van der Waals surface area contributed by atoms with Crippen molar-refractivity contribution in [2.75, 3.05) is 11.9 Å². The maximum Gasteiger partial charge on any atom is 0.238 e. The third kappa shape index (κ3) is 4.19. The molecule has 1 atom stereocenters. The number of halogens is 1. The van der Waals surface area contributed by atoms with Crippen LogP contribution in [-0.4, -0.2) is 12.5 Å². The first-order valence-electron chi connectivity index (χ1n) is 8.31. The average molecular weight is 353 g/mol. The third-order valence-electron chi connectivity index (χ3n) is 4.32. The van der Waals surface area contributed by atoms with E-state index in [1.165, 1.54) is 16.3 Å². The van der Waals surface area contributed by atoms with Crippen LogP contribution < -0.4 is 10.6 Å². The summed E-state index contributed by atoms with van der Waals surface area (Å²) in [6.45, 7) is 4.24. The van der Waals surface area contributed by atoms with E-state index in [4.69, 9.17) is 11.6 Å². The first kappa shape index (κ1) is 17.5. The predicted molar refractivity (Wildman–Crippen MR) is 105 cm³/mol. The van der Waals surface area contributed by atoms with Crippen molar-refractivity contribution in [2.24, 2.45) is 0 Å². The van der Waals surface area contributed by atoms with Gasteiger partial charge in [0.2, 0.25) is 5.91 Å². The van der Waals surface area contributed by atoms with Crippen molar-refractivity contribution in [1.29, 1.82) is 0 Å². The minimum Gasteiger partial charge on any atom is -0.325 e. The lowest BCUT2D eigenvalue weighted by atomic mass is 10.00. The standard InChI is InChI=1S/C21H21ClN2O/c1-14-12-17(22)10-11-20(14)24-21(25)13-23-15(2)18-9-5-7-16-6-3-4-8-19(16)18/h3-12,15,23H,13H2,1-2H3,(H,24,25)/t15-/m1/s1. The summed E-state index contributed by atoms with van der Waals surface area (Å²) >= 11 is 5.95. The van der Waals surface area contributed by atoms with Gasteiger partial charge in [0.05, 0.1) is 6.54 Å². The van der Waals surface area contributed by atoms with Crippen LogP contribution in [0.4, 0.5) is 5.69 Å². The molecule has 4 heteroatoms. The van der Waals surface area contributed by atoms with Crippen LogP contribution in [0.1, 0.15) is 24.1 Å². The molecule has 0 aliphatic carbocycles. The van der Waals surface area contributed by atoms with E-state index >= 15 is 0 Å². The van der Waals surface area contributed by atoms with E-state index in [0.717, 1.165) is 11.3 Å². The van der Waals surface area contributed by atoms with Gasteiger partial charge in [0.15, 0.2) is 0 Å². The van der Waals surface area contributed by atoms with Crippen molar-refractivity contribution >= 4 is 34.0 Å². The molecule has 128 valence electrons. The molecule has 0 aromatic heterocycles. The molecule has 0 unspecified atom stereocenters. The van der Waals surface area contributed by atoms with Gasteiger partial charge in [-0.1, -0.05) is 54.1 Å². The fraction of sp³-hybridized carbons (Fsp3) is 0.190. The van der Waals surface area contributed by atoms with E-state index in [0.29, 0.717) is 5.02 Å². The topological polar surface area (TPSA) is 41.1 Å². The minimum absolute atomic E-state index is 0.0718.